The van der Waals surface area contributed by atoms with Crippen molar-refractivity contribution >= 4 is 11.8 Å². The van der Waals surface area contributed by atoms with E-state index in [0.717, 1.165) is 38.5 Å². The van der Waals surface area contributed by atoms with Gasteiger partial charge in [-0.3, -0.25) is 9.59 Å². The Morgan fingerprint density at radius 3 is 2.55 bits per heavy atom. The molecule has 1 N–H and O–H groups in total. The smallest absolute Gasteiger partial charge is 0.251 e. The fourth-order valence-corrected chi connectivity index (χ4v) is 7.82. The van der Waals surface area contributed by atoms with Crippen LogP contribution in [-0.2, 0) is 4.79 Å². The van der Waals surface area contributed by atoms with Crippen LogP contribution in [0.25, 0.3) is 0 Å². The Kier molecular flexibility index (Phi) is 4.80. The summed E-state index contributed by atoms with van der Waals surface area (Å²) < 4.78 is 13.2. The molecule has 0 spiro atoms. The van der Waals surface area contributed by atoms with Gasteiger partial charge in [0, 0.05) is 30.1 Å². The van der Waals surface area contributed by atoms with Crippen molar-refractivity contribution in [1.82, 2.24) is 10.2 Å². The van der Waals surface area contributed by atoms with Gasteiger partial charge < -0.3 is 10.2 Å². The normalized spacial score (nSPS) is 41.4. The molecule has 1 aromatic carbocycles. The molecule has 0 aromatic heterocycles. The van der Waals surface area contributed by atoms with E-state index in [1.165, 1.54) is 12.1 Å². The molecule has 4 nitrogen and oxygen atoms in total. The minimum Gasteiger partial charge on any atom is -0.349 e. The fraction of sp³-hybridized carbons (Fsp3) is 0.615. The van der Waals surface area contributed by atoms with E-state index in [-0.39, 0.29) is 34.5 Å². The number of carbonyl (C=O) groups excluding carboxylic acids is 2. The second-order valence-electron chi connectivity index (χ2n) is 10.8. The minimum absolute atomic E-state index is 0.0440. The number of amides is 2. The van der Waals surface area contributed by atoms with Crippen LogP contribution in [0.1, 0.15) is 62.7 Å². The molecule has 3 aliphatic carbocycles. The van der Waals surface area contributed by atoms with Gasteiger partial charge in [0.05, 0.1) is 0 Å². The van der Waals surface area contributed by atoms with Crippen LogP contribution >= 0.6 is 0 Å². The Labute approximate surface area is 184 Å². The molecule has 5 heteroatoms. The number of benzene rings is 1. The van der Waals surface area contributed by atoms with Gasteiger partial charge in [0.25, 0.3) is 5.91 Å². The maximum absolute atomic E-state index is 13.2. The molecule has 5 rings (SSSR count). The van der Waals surface area contributed by atoms with Gasteiger partial charge in [0.1, 0.15) is 5.82 Å². The highest BCUT2D eigenvalue weighted by Gasteiger charge is 2.60. The Morgan fingerprint density at radius 1 is 1.06 bits per heavy atom. The van der Waals surface area contributed by atoms with Crippen molar-refractivity contribution < 1.29 is 14.0 Å². The summed E-state index contributed by atoms with van der Waals surface area (Å²) in [5.74, 6) is 1.53. The highest BCUT2D eigenvalue weighted by Crippen LogP contribution is 2.63. The molecule has 0 radical (unpaired) electrons. The van der Waals surface area contributed by atoms with E-state index in [1.54, 1.807) is 18.2 Å². The predicted molar refractivity (Wildman–Crippen MR) is 118 cm³/mol. The minimum atomic E-state index is -0.323. The summed E-state index contributed by atoms with van der Waals surface area (Å²) in [4.78, 5) is 27.0. The summed E-state index contributed by atoms with van der Waals surface area (Å²) in [6.07, 6.45) is 10.6. The van der Waals surface area contributed by atoms with E-state index in [0.29, 0.717) is 29.4 Å². The first-order valence-corrected chi connectivity index (χ1v) is 11.8. The molecule has 1 heterocycles. The van der Waals surface area contributed by atoms with Crippen LogP contribution in [-0.4, -0.2) is 35.8 Å². The Hall–Kier alpha value is -2.17. The zero-order valence-electron chi connectivity index (χ0n) is 18.7. The van der Waals surface area contributed by atoms with E-state index in [9.17, 15) is 14.0 Å². The van der Waals surface area contributed by atoms with Crippen LogP contribution in [0, 0.1) is 34.4 Å². The van der Waals surface area contributed by atoms with Gasteiger partial charge in [-0.25, -0.2) is 4.39 Å². The van der Waals surface area contributed by atoms with Gasteiger partial charge in [-0.2, -0.15) is 0 Å². The van der Waals surface area contributed by atoms with Gasteiger partial charge in [-0.15, -0.1) is 0 Å². The number of nitrogens with zero attached hydrogens (tertiary/aromatic N) is 1. The average molecular weight is 425 g/mol. The van der Waals surface area contributed by atoms with Gasteiger partial charge in [0.15, 0.2) is 0 Å². The lowest BCUT2D eigenvalue weighted by Crippen LogP contribution is -2.60. The van der Waals surface area contributed by atoms with E-state index < -0.39 is 0 Å². The third-order valence-corrected chi connectivity index (χ3v) is 9.54. The van der Waals surface area contributed by atoms with Gasteiger partial charge in [-0.05, 0) is 92.0 Å². The largest absolute Gasteiger partial charge is 0.349 e. The molecule has 2 amide bonds. The average Bonchev–Trinajstić information content (AvgIpc) is 3.08. The lowest BCUT2D eigenvalue weighted by molar-refractivity contribution is -0.138. The molecule has 0 unspecified atom stereocenters. The summed E-state index contributed by atoms with van der Waals surface area (Å²) in [6.45, 7) is 4.73. The number of fused-ring (bicyclic) bond motifs is 5. The zero-order chi connectivity index (χ0) is 22.0. The standard InChI is InChI=1S/C26H33FN2O2/c1-25-14-12-20-18(8-11-22-26(20,2)15-13-23(30)29(22)3)19(25)9-10-21(25)28-24(31)16-4-6-17(27)7-5-16/h4-7,13,15,18-22H,8-12,14H2,1-3H3,(H,28,31)/t18-,19-,20-,21-,22+,25-,26+/m0/s1. The number of nitrogens with one attached hydrogen (secondary N) is 1. The van der Waals surface area contributed by atoms with Gasteiger partial charge in [0.2, 0.25) is 5.91 Å². The molecule has 3 saturated carbocycles. The van der Waals surface area contributed by atoms with Crippen LogP contribution < -0.4 is 5.32 Å². The van der Waals surface area contributed by atoms with Crippen molar-refractivity contribution in [3.05, 3.63) is 47.8 Å². The zero-order valence-corrected chi connectivity index (χ0v) is 18.7. The summed E-state index contributed by atoms with van der Waals surface area (Å²) in [6, 6.07) is 6.27. The Bertz CT molecular complexity index is 928. The van der Waals surface area contributed by atoms with Crippen LogP contribution in [0.3, 0.4) is 0 Å². The number of rotatable bonds is 2. The van der Waals surface area contributed by atoms with Gasteiger partial charge >= 0.3 is 0 Å². The lowest BCUT2D eigenvalue weighted by Gasteiger charge is -2.60. The third kappa shape index (κ3) is 3.07. The second-order valence-corrected chi connectivity index (χ2v) is 10.8. The van der Waals surface area contributed by atoms with Crippen LogP contribution in [0.5, 0.6) is 0 Å². The van der Waals surface area contributed by atoms with E-state index in [2.05, 4.69) is 25.2 Å². The van der Waals surface area contributed by atoms with E-state index in [4.69, 9.17) is 0 Å². The summed E-state index contributed by atoms with van der Waals surface area (Å²) in [7, 11) is 1.96. The topological polar surface area (TPSA) is 49.4 Å². The number of halogens is 1. The molecule has 31 heavy (non-hydrogen) atoms. The second kappa shape index (κ2) is 7.18. The van der Waals surface area contributed by atoms with Crippen molar-refractivity contribution in [1.29, 1.82) is 0 Å². The summed E-state index contributed by atoms with van der Waals surface area (Å²) in [5.41, 5.74) is 0.665. The quantitative estimate of drug-likeness (QED) is 0.756. The van der Waals surface area contributed by atoms with Crippen LogP contribution in [0.2, 0.25) is 0 Å². The molecule has 0 bridgehead atoms. The molecule has 166 valence electrons. The summed E-state index contributed by atoms with van der Waals surface area (Å²) in [5, 5.41) is 3.30. The first kappa shape index (κ1) is 20.7. The number of hydrogen-bond donors (Lipinski definition) is 1. The third-order valence-electron chi connectivity index (χ3n) is 9.54. The number of hydrogen-bond acceptors (Lipinski definition) is 2. The molecular formula is C26H33FN2O2. The first-order chi connectivity index (χ1) is 14.7. The highest BCUT2D eigenvalue weighted by atomic mass is 19.1. The maximum atomic E-state index is 13.2. The number of likely N-dealkylation sites (N-methyl/N-ethyl adjacent to an activating group) is 1. The van der Waals surface area contributed by atoms with E-state index in [1.807, 2.05) is 11.9 Å². The highest BCUT2D eigenvalue weighted by molar-refractivity contribution is 5.94. The van der Waals surface area contributed by atoms with E-state index >= 15 is 0 Å². The molecule has 1 aliphatic heterocycles. The van der Waals surface area contributed by atoms with Crippen molar-refractivity contribution in [2.45, 2.75) is 64.5 Å². The van der Waals surface area contributed by atoms with Crippen molar-refractivity contribution in [2.75, 3.05) is 7.05 Å². The summed E-state index contributed by atoms with van der Waals surface area (Å²) >= 11 is 0. The lowest BCUT2D eigenvalue weighted by atomic mass is 9.48. The monoisotopic (exact) mass is 424 g/mol. The SMILES string of the molecule is CN1C(=O)C=C[C@]2(C)[C@H]3CC[C@]4(C)[C@@H](NC(=O)c5ccc(F)cc5)CC[C@H]4[C@@H]3CC[C@@H]12. The predicted octanol–water partition coefficient (Wildman–Crippen LogP) is 4.56. The van der Waals surface area contributed by atoms with Crippen molar-refractivity contribution in [3.63, 3.8) is 0 Å². The van der Waals surface area contributed by atoms with Gasteiger partial charge in [-0.1, -0.05) is 19.9 Å². The Balaban J connectivity index is 1.36. The van der Waals surface area contributed by atoms with Crippen molar-refractivity contribution in [2.24, 2.45) is 28.6 Å². The van der Waals surface area contributed by atoms with Crippen LogP contribution in [0.4, 0.5) is 4.39 Å². The first-order valence-electron chi connectivity index (χ1n) is 11.8. The molecule has 4 aliphatic rings. The number of carbonyl (C=O) groups is 2. The molecule has 1 aromatic rings. The molecule has 0 saturated heterocycles. The molecule has 3 fully saturated rings. The van der Waals surface area contributed by atoms with Crippen molar-refractivity contribution in [3.8, 4) is 0 Å². The van der Waals surface area contributed by atoms with Crippen LogP contribution in [0.15, 0.2) is 36.4 Å². The maximum Gasteiger partial charge on any atom is 0.251 e. The molecular weight excluding hydrogens is 391 g/mol. The Morgan fingerprint density at radius 2 is 1.81 bits per heavy atom. The molecule has 7 atom stereocenters. The fourth-order valence-electron chi connectivity index (χ4n) is 7.82.